The number of amides is 1. The predicted molar refractivity (Wildman–Crippen MR) is 111 cm³/mol. The van der Waals surface area contributed by atoms with Crippen molar-refractivity contribution in [1.82, 2.24) is 4.31 Å². The van der Waals surface area contributed by atoms with Crippen LogP contribution in [0.15, 0.2) is 47.4 Å². The molecule has 0 saturated carbocycles. The van der Waals surface area contributed by atoms with E-state index in [9.17, 15) is 13.2 Å². The van der Waals surface area contributed by atoms with Gasteiger partial charge in [-0.15, -0.1) is 0 Å². The Kier molecular flexibility index (Phi) is 7.21. The number of hydrogen-bond donors (Lipinski definition) is 1. The molecule has 2 aromatic rings. The number of ether oxygens (including phenoxy) is 1. The van der Waals surface area contributed by atoms with Gasteiger partial charge in [-0.2, -0.15) is 4.31 Å². The third kappa shape index (κ3) is 5.11. The summed E-state index contributed by atoms with van der Waals surface area (Å²) >= 11 is 0. The molecule has 0 saturated heterocycles. The number of carbonyl (C=O) groups excluding carboxylic acids is 1. The summed E-state index contributed by atoms with van der Waals surface area (Å²) in [5.74, 6) is 0.263. The first-order valence-electron chi connectivity index (χ1n) is 9.34. The van der Waals surface area contributed by atoms with Gasteiger partial charge in [0.05, 0.1) is 4.90 Å². The molecule has 0 aliphatic heterocycles. The van der Waals surface area contributed by atoms with Crippen LogP contribution >= 0.6 is 0 Å². The van der Waals surface area contributed by atoms with Gasteiger partial charge < -0.3 is 10.1 Å². The van der Waals surface area contributed by atoms with E-state index in [1.54, 1.807) is 39.0 Å². The van der Waals surface area contributed by atoms with Crippen molar-refractivity contribution < 1.29 is 17.9 Å². The molecule has 1 N–H and O–H groups in total. The van der Waals surface area contributed by atoms with E-state index in [1.165, 1.54) is 10.4 Å². The number of carbonyl (C=O) groups is 1. The number of anilines is 1. The Morgan fingerprint density at radius 2 is 1.79 bits per heavy atom. The van der Waals surface area contributed by atoms with E-state index in [4.69, 9.17) is 4.74 Å². The van der Waals surface area contributed by atoms with Gasteiger partial charge in [0.15, 0.2) is 6.10 Å². The molecule has 1 atom stereocenters. The second-order valence-electron chi connectivity index (χ2n) is 6.63. The molecule has 6 nitrogen and oxygen atoms in total. The molecular weight excluding hydrogens is 376 g/mol. The highest BCUT2D eigenvalue weighted by atomic mass is 32.2. The third-order valence-electron chi connectivity index (χ3n) is 4.48. The zero-order chi connectivity index (χ0) is 20.9. The zero-order valence-electron chi connectivity index (χ0n) is 17.0. The molecule has 0 fully saturated rings. The lowest BCUT2D eigenvalue weighted by Gasteiger charge is -2.20. The highest BCUT2D eigenvalue weighted by Crippen LogP contribution is 2.23. The fraction of sp³-hybridized carbons (Fsp3) is 0.381. The van der Waals surface area contributed by atoms with Crippen LogP contribution in [0.3, 0.4) is 0 Å². The summed E-state index contributed by atoms with van der Waals surface area (Å²) in [6.45, 7) is 9.78. The summed E-state index contributed by atoms with van der Waals surface area (Å²) in [6.07, 6.45) is -0.732. The minimum absolute atomic E-state index is 0.157. The molecule has 0 spiro atoms. The van der Waals surface area contributed by atoms with Crippen molar-refractivity contribution in [3.8, 4) is 5.75 Å². The number of sulfonamides is 1. The first-order valence-corrected chi connectivity index (χ1v) is 10.8. The minimum atomic E-state index is -3.60. The van der Waals surface area contributed by atoms with Crippen molar-refractivity contribution >= 4 is 21.6 Å². The monoisotopic (exact) mass is 404 g/mol. The van der Waals surface area contributed by atoms with Crippen LogP contribution < -0.4 is 10.1 Å². The van der Waals surface area contributed by atoms with Crippen LogP contribution in [0.2, 0.25) is 0 Å². The summed E-state index contributed by atoms with van der Waals surface area (Å²) in [7, 11) is -3.60. The van der Waals surface area contributed by atoms with Gasteiger partial charge in [0, 0.05) is 18.8 Å². The minimum Gasteiger partial charge on any atom is -0.481 e. The van der Waals surface area contributed by atoms with E-state index in [0.29, 0.717) is 24.5 Å². The van der Waals surface area contributed by atoms with Crippen molar-refractivity contribution in [2.24, 2.45) is 0 Å². The van der Waals surface area contributed by atoms with E-state index in [1.807, 2.05) is 32.0 Å². The van der Waals surface area contributed by atoms with Crippen LogP contribution in [0.4, 0.5) is 5.69 Å². The second kappa shape index (κ2) is 9.21. The molecule has 2 rings (SSSR count). The number of aryl methyl sites for hydroxylation is 2. The van der Waals surface area contributed by atoms with Gasteiger partial charge in [-0.1, -0.05) is 32.0 Å². The Hall–Kier alpha value is -2.38. The van der Waals surface area contributed by atoms with Crippen molar-refractivity contribution in [2.75, 3.05) is 18.4 Å². The van der Waals surface area contributed by atoms with Gasteiger partial charge in [0.25, 0.3) is 5.91 Å². The molecule has 0 radical (unpaired) electrons. The first kappa shape index (κ1) is 21.9. The highest BCUT2D eigenvalue weighted by molar-refractivity contribution is 7.89. The molecule has 0 aliphatic carbocycles. The van der Waals surface area contributed by atoms with Crippen LogP contribution in [0.25, 0.3) is 0 Å². The topological polar surface area (TPSA) is 75.7 Å². The number of rotatable bonds is 8. The van der Waals surface area contributed by atoms with E-state index in [0.717, 1.165) is 11.1 Å². The Morgan fingerprint density at radius 3 is 2.39 bits per heavy atom. The van der Waals surface area contributed by atoms with E-state index in [2.05, 4.69) is 5.32 Å². The second-order valence-corrected chi connectivity index (χ2v) is 8.57. The third-order valence-corrected chi connectivity index (χ3v) is 6.53. The fourth-order valence-electron chi connectivity index (χ4n) is 2.79. The maximum atomic E-state index is 12.7. The Labute approximate surface area is 167 Å². The summed E-state index contributed by atoms with van der Waals surface area (Å²) in [6, 6.07) is 12.2. The lowest BCUT2D eigenvalue weighted by molar-refractivity contribution is -0.122. The van der Waals surface area contributed by atoms with Crippen molar-refractivity contribution in [2.45, 2.75) is 45.6 Å². The lowest BCUT2D eigenvalue weighted by Crippen LogP contribution is -2.31. The SMILES string of the molecule is CCN(CC)S(=O)(=O)c1ccc(C)c(NC(=O)[C@H](C)Oc2cccc(C)c2)c1. The molecule has 2 aromatic carbocycles. The molecule has 0 heterocycles. The maximum absolute atomic E-state index is 12.7. The standard InChI is InChI=1S/C21H28N2O4S/c1-6-23(7-2)28(25,26)19-12-11-16(4)20(14-19)22-21(24)17(5)27-18-10-8-9-15(3)13-18/h8-14,17H,6-7H2,1-5H3,(H,22,24)/t17-/m0/s1. The molecule has 0 bridgehead atoms. The maximum Gasteiger partial charge on any atom is 0.265 e. The van der Waals surface area contributed by atoms with Gasteiger partial charge in [-0.3, -0.25) is 4.79 Å². The quantitative estimate of drug-likeness (QED) is 0.727. The number of hydrogen-bond acceptors (Lipinski definition) is 4. The molecular formula is C21H28N2O4S. The highest BCUT2D eigenvalue weighted by Gasteiger charge is 2.23. The lowest BCUT2D eigenvalue weighted by atomic mass is 10.2. The summed E-state index contributed by atoms with van der Waals surface area (Å²) in [5.41, 5.74) is 2.27. The van der Waals surface area contributed by atoms with Gasteiger partial charge in [-0.25, -0.2) is 8.42 Å². The predicted octanol–water partition coefficient (Wildman–Crippen LogP) is 3.74. The molecule has 7 heteroatoms. The number of nitrogens with zero attached hydrogens (tertiary/aromatic N) is 1. The number of benzene rings is 2. The fourth-order valence-corrected chi connectivity index (χ4v) is 4.27. The van der Waals surface area contributed by atoms with E-state index >= 15 is 0 Å². The van der Waals surface area contributed by atoms with Crippen LogP contribution in [-0.2, 0) is 14.8 Å². The molecule has 0 aromatic heterocycles. The molecule has 1 amide bonds. The molecule has 0 aliphatic rings. The van der Waals surface area contributed by atoms with Crippen LogP contribution in [0.5, 0.6) is 5.75 Å². The Morgan fingerprint density at radius 1 is 1.11 bits per heavy atom. The molecule has 0 unspecified atom stereocenters. The zero-order valence-corrected chi connectivity index (χ0v) is 17.8. The molecule has 28 heavy (non-hydrogen) atoms. The Balaban J connectivity index is 2.20. The van der Waals surface area contributed by atoms with Gasteiger partial charge in [-0.05, 0) is 56.2 Å². The van der Waals surface area contributed by atoms with Gasteiger partial charge in [0.1, 0.15) is 5.75 Å². The average Bonchev–Trinajstić information content (AvgIpc) is 2.64. The largest absolute Gasteiger partial charge is 0.481 e. The normalized spacial score (nSPS) is 12.6. The summed E-state index contributed by atoms with van der Waals surface area (Å²) in [5, 5.41) is 2.79. The Bertz CT molecular complexity index is 937. The average molecular weight is 405 g/mol. The summed E-state index contributed by atoms with van der Waals surface area (Å²) in [4.78, 5) is 12.7. The smallest absolute Gasteiger partial charge is 0.265 e. The van der Waals surface area contributed by atoms with E-state index < -0.39 is 16.1 Å². The van der Waals surface area contributed by atoms with Crippen molar-refractivity contribution in [3.05, 3.63) is 53.6 Å². The van der Waals surface area contributed by atoms with Crippen molar-refractivity contribution in [3.63, 3.8) is 0 Å². The summed E-state index contributed by atoms with van der Waals surface area (Å²) < 4.78 is 32.6. The van der Waals surface area contributed by atoms with Crippen LogP contribution in [0, 0.1) is 13.8 Å². The van der Waals surface area contributed by atoms with Crippen LogP contribution in [-0.4, -0.2) is 37.8 Å². The first-order chi connectivity index (χ1) is 13.2. The van der Waals surface area contributed by atoms with Gasteiger partial charge >= 0.3 is 0 Å². The van der Waals surface area contributed by atoms with Gasteiger partial charge in [0.2, 0.25) is 10.0 Å². The number of nitrogens with one attached hydrogen (secondary N) is 1. The van der Waals surface area contributed by atoms with Crippen LogP contribution in [0.1, 0.15) is 31.9 Å². The molecule has 152 valence electrons. The van der Waals surface area contributed by atoms with Crippen molar-refractivity contribution in [1.29, 1.82) is 0 Å². The van der Waals surface area contributed by atoms with E-state index in [-0.39, 0.29) is 10.8 Å².